The molecule has 0 amide bonds. The van der Waals surface area contributed by atoms with Crippen LogP contribution in [0.3, 0.4) is 0 Å². The van der Waals surface area contributed by atoms with Crippen LogP contribution in [0.2, 0.25) is 0 Å². The first-order chi connectivity index (χ1) is 14.1. The van der Waals surface area contributed by atoms with Crippen LogP contribution in [0, 0.1) is 46.3 Å². The SMILES string of the molecule is CC(C)C(C)/C=C/C(C)C1CCC2C3=CC4OC45CC(O)CCC5(C)C3CCC21C. The van der Waals surface area contributed by atoms with Crippen molar-refractivity contribution >= 4 is 0 Å². The van der Waals surface area contributed by atoms with E-state index in [1.54, 1.807) is 5.57 Å². The molecule has 30 heavy (non-hydrogen) atoms. The van der Waals surface area contributed by atoms with Gasteiger partial charge in [-0.1, -0.05) is 65.3 Å². The molecule has 168 valence electrons. The van der Waals surface area contributed by atoms with Crippen molar-refractivity contribution in [2.45, 2.75) is 104 Å². The van der Waals surface area contributed by atoms with E-state index >= 15 is 0 Å². The Morgan fingerprint density at radius 2 is 1.77 bits per heavy atom. The van der Waals surface area contributed by atoms with Crippen LogP contribution in [0.25, 0.3) is 0 Å². The minimum Gasteiger partial charge on any atom is -0.393 e. The number of ether oxygens (including phenoxy) is 1. The Morgan fingerprint density at radius 1 is 1.00 bits per heavy atom. The fourth-order valence-electron chi connectivity index (χ4n) is 8.52. The first-order valence-electron chi connectivity index (χ1n) is 12.9. The van der Waals surface area contributed by atoms with Crippen molar-refractivity contribution in [3.8, 4) is 0 Å². The summed E-state index contributed by atoms with van der Waals surface area (Å²) in [7, 11) is 0. The molecule has 0 bridgehead atoms. The number of aliphatic hydroxyl groups excluding tert-OH is 1. The fourth-order valence-corrected chi connectivity index (χ4v) is 8.52. The second-order valence-corrected chi connectivity index (χ2v) is 12.6. The molecule has 1 heterocycles. The maximum absolute atomic E-state index is 10.4. The molecule has 0 aromatic rings. The number of aliphatic hydroxyl groups is 1. The third-order valence-corrected chi connectivity index (χ3v) is 10.9. The molecule has 2 heteroatoms. The second-order valence-electron chi connectivity index (χ2n) is 12.6. The van der Waals surface area contributed by atoms with Gasteiger partial charge in [-0.3, -0.25) is 0 Å². The fraction of sp³-hybridized carbons (Fsp3) is 0.857. The molecule has 0 radical (unpaired) electrons. The van der Waals surface area contributed by atoms with Crippen molar-refractivity contribution in [2.75, 3.05) is 0 Å². The third-order valence-electron chi connectivity index (χ3n) is 10.9. The van der Waals surface area contributed by atoms with Crippen LogP contribution < -0.4 is 0 Å². The van der Waals surface area contributed by atoms with Crippen molar-refractivity contribution in [3.05, 3.63) is 23.8 Å². The van der Waals surface area contributed by atoms with Crippen molar-refractivity contribution in [1.29, 1.82) is 0 Å². The summed E-state index contributed by atoms with van der Waals surface area (Å²) < 4.78 is 6.43. The van der Waals surface area contributed by atoms with E-state index in [1.165, 1.54) is 25.7 Å². The topological polar surface area (TPSA) is 32.8 Å². The molecule has 4 fully saturated rings. The van der Waals surface area contributed by atoms with Gasteiger partial charge in [0.1, 0.15) is 11.7 Å². The summed E-state index contributed by atoms with van der Waals surface area (Å²) >= 11 is 0. The van der Waals surface area contributed by atoms with Gasteiger partial charge in [0.25, 0.3) is 0 Å². The van der Waals surface area contributed by atoms with E-state index in [-0.39, 0.29) is 23.2 Å². The highest BCUT2D eigenvalue weighted by Crippen LogP contribution is 2.72. The van der Waals surface area contributed by atoms with Gasteiger partial charge in [-0.15, -0.1) is 0 Å². The lowest BCUT2D eigenvalue weighted by molar-refractivity contribution is -0.0527. The average molecular weight is 413 g/mol. The predicted molar refractivity (Wildman–Crippen MR) is 123 cm³/mol. The molecule has 10 atom stereocenters. The number of fused-ring (bicyclic) bond motifs is 4. The standard InChI is InChI=1S/C28H44O2/c1-17(2)18(3)7-8-19(4)22-9-10-23-21-15-25-28(30-25)16-20(29)11-14-27(28,6)24(21)12-13-26(22,23)5/h7-8,15,17-20,22-25,29H,9-14,16H2,1-6H3/b8-7+. The zero-order valence-corrected chi connectivity index (χ0v) is 20.2. The van der Waals surface area contributed by atoms with Crippen LogP contribution >= 0.6 is 0 Å². The molecular formula is C28H44O2. The van der Waals surface area contributed by atoms with Gasteiger partial charge in [-0.05, 0) is 79.4 Å². The number of rotatable bonds is 4. The van der Waals surface area contributed by atoms with Gasteiger partial charge in [0.15, 0.2) is 0 Å². The molecule has 10 unspecified atom stereocenters. The summed E-state index contributed by atoms with van der Waals surface area (Å²) in [5.74, 6) is 4.26. The first kappa shape index (κ1) is 21.3. The highest BCUT2D eigenvalue weighted by atomic mass is 16.6. The molecule has 2 nitrogen and oxygen atoms in total. The molecule has 0 aromatic carbocycles. The minimum absolute atomic E-state index is 0.0480. The molecule has 5 rings (SSSR count). The maximum Gasteiger partial charge on any atom is 0.107 e. The monoisotopic (exact) mass is 412 g/mol. The summed E-state index contributed by atoms with van der Waals surface area (Å²) in [5.41, 5.74) is 2.38. The van der Waals surface area contributed by atoms with E-state index < -0.39 is 0 Å². The van der Waals surface area contributed by atoms with Gasteiger partial charge >= 0.3 is 0 Å². The molecule has 1 N–H and O–H groups in total. The maximum atomic E-state index is 10.4. The van der Waals surface area contributed by atoms with Gasteiger partial charge in [0, 0.05) is 11.8 Å². The zero-order chi connectivity index (χ0) is 21.5. The Balaban J connectivity index is 1.40. The second kappa shape index (κ2) is 6.95. The number of epoxide rings is 1. The lowest BCUT2D eigenvalue weighted by Crippen LogP contribution is -2.55. The van der Waals surface area contributed by atoms with E-state index in [2.05, 4.69) is 59.8 Å². The van der Waals surface area contributed by atoms with Gasteiger partial charge in [-0.25, -0.2) is 0 Å². The molecule has 3 saturated carbocycles. The smallest absolute Gasteiger partial charge is 0.107 e. The Morgan fingerprint density at radius 3 is 2.50 bits per heavy atom. The molecule has 1 saturated heterocycles. The van der Waals surface area contributed by atoms with Crippen molar-refractivity contribution in [2.24, 2.45) is 46.3 Å². The molecule has 1 spiro atoms. The average Bonchev–Trinajstić information content (AvgIpc) is 3.27. The van der Waals surface area contributed by atoms with Crippen molar-refractivity contribution < 1.29 is 9.84 Å². The quantitative estimate of drug-likeness (QED) is 0.420. The van der Waals surface area contributed by atoms with Crippen LogP contribution in [0.4, 0.5) is 0 Å². The normalized spacial score (nSPS) is 51.6. The lowest BCUT2D eigenvalue weighted by Gasteiger charge is -2.56. The largest absolute Gasteiger partial charge is 0.393 e. The zero-order valence-electron chi connectivity index (χ0n) is 20.2. The van der Waals surface area contributed by atoms with Crippen LogP contribution in [0.1, 0.15) is 86.5 Å². The Hall–Kier alpha value is -0.600. The summed E-state index contributed by atoms with van der Waals surface area (Å²) in [6, 6.07) is 0. The van der Waals surface area contributed by atoms with E-state index in [0.717, 1.165) is 37.0 Å². The molecule has 1 aliphatic heterocycles. The van der Waals surface area contributed by atoms with E-state index in [4.69, 9.17) is 4.74 Å². The lowest BCUT2D eigenvalue weighted by atomic mass is 9.47. The van der Waals surface area contributed by atoms with Crippen molar-refractivity contribution in [3.63, 3.8) is 0 Å². The molecular weight excluding hydrogens is 368 g/mol. The minimum atomic E-state index is -0.163. The first-order valence-corrected chi connectivity index (χ1v) is 12.9. The van der Waals surface area contributed by atoms with Crippen LogP contribution in [0.15, 0.2) is 23.8 Å². The summed E-state index contributed by atoms with van der Waals surface area (Å²) in [4.78, 5) is 0. The van der Waals surface area contributed by atoms with Gasteiger partial charge < -0.3 is 9.84 Å². The number of hydrogen-bond acceptors (Lipinski definition) is 2. The summed E-state index contributed by atoms with van der Waals surface area (Å²) in [6.07, 6.45) is 16.0. The Kier molecular flexibility index (Phi) is 4.92. The number of allylic oxidation sites excluding steroid dienone is 3. The molecule has 4 aliphatic carbocycles. The third kappa shape index (κ3) is 2.81. The van der Waals surface area contributed by atoms with Gasteiger partial charge in [-0.2, -0.15) is 0 Å². The van der Waals surface area contributed by atoms with Crippen molar-refractivity contribution in [1.82, 2.24) is 0 Å². The summed E-state index contributed by atoms with van der Waals surface area (Å²) in [6.45, 7) is 14.6. The highest BCUT2D eigenvalue weighted by molar-refractivity contribution is 5.38. The molecule has 5 aliphatic rings. The predicted octanol–water partition coefficient (Wildman–Crippen LogP) is 6.54. The van der Waals surface area contributed by atoms with Gasteiger partial charge in [0.2, 0.25) is 0 Å². The van der Waals surface area contributed by atoms with E-state index in [1.807, 2.05) is 0 Å². The van der Waals surface area contributed by atoms with Crippen LogP contribution in [-0.4, -0.2) is 22.9 Å². The van der Waals surface area contributed by atoms with E-state index in [0.29, 0.717) is 23.2 Å². The molecule has 0 aromatic heterocycles. The number of hydrogen-bond donors (Lipinski definition) is 1. The Labute approximate surface area is 184 Å². The van der Waals surface area contributed by atoms with E-state index in [9.17, 15) is 5.11 Å². The summed E-state index contributed by atoms with van der Waals surface area (Å²) in [5, 5.41) is 10.4. The van der Waals surface area contributed by atoms with Crippen LogP contribution in [-0.2, 0) is 4.74 Å². The van der Waals surface area contributed by atoms with Crippen LogP contribution in [0.5, 0.6) is 0 Å². The Bertz CT molecular complexity index is 752. The highest BCUT2D eigenvalue weighted by Gasteiger charge is 2.73. The van der Waals surface area contributed by atoms with Gasteiger partial charge in [0.05, 0.1) is 6.10 Å².